The van der Waals surface area contributed by atoms with Gasteiger partial charge in [-0.3, -0.25) is 4.90 Å². The van der Waals surface area contributed by atoms with Gasteiger partial charge in [-0.2, -0.15) is 5.26 Å². The Morgan fingerprint density at radius 1 is 1.08 bits per heavy atom. The van der Waals surface area contributed by atoms with Crippen LogP contribution in [0.1, 0.15) is 18.1 Å². The molecule has 1 fully saturated rings. The van der Waals surface area contributed by atoms with E-state index >= 15 is 0 Å². The van der Waals surface area contributed by atoms with Crippen LogP contribution in [0.15, 0.2) is 48.5 Å². The summed E-state index contributed by atoms with van der Waals surface area (Å²) < 4.78 is 0. The number of benzene rings is 2. The fraction of sp³-hybridized carbons (Fsp3) is 0.333. The third kappa shape index (κ3) is 4.22. The van der Waals surface area contributed by atoms with Crippen molar-refractivity contribution in [1.82, 2.24) is 15.1 Å². The Morgan fingerprint density at radius 3 is 2.42 bits per heavy atom. The van der Waals surface area contributed by atoms with Crippen LogP contribution < -0.4 is 5.32 Å². The van der Waals surface area contributed by atoms with Crippen molar-refractivity contribution in [2.75, 3.05) is 32.7 Å². The third-order valence-corrected chi connectivity index (χ3v) is 4.71. The molecule has 1 aliphatic heterocycles. The minimum atomic E-state index is 0.0349. The number of carbonyl (C=O) groups is 1. The largest absolute Gasteiger partial charge is 0.338 e. The molecule has 0 aromatic heterocycles. The van der Waals surface area contributed by atoms with E-state index in [1.165, 1.54) is 5.56 Å². The number of piperazine rings is 1. The van der Waals surface area contributed by atoms with E-state index in [0.717, 1.165) is 43.9 Å². The summed E-state index contributed by atoms with van der Waals surface area (Å²) in [6, 6.07) is 18.4. The van der Waals surface area contributed by atoms with Gasteiger partial charge in [0.15, 0.2) is 0 Å². The first-order chi connectivity index (χ1) is 12.7. The van der Waals surface area contributed by atoms with Crippen molar-refractivity contribution in [2.24, 2.45) is 0 Å². The number of hydrogen-bond acceptors (Lipinski definition) is 3. The number of carbonyl (C=O) groups excluding carboxylic acids is 1. The van der Waals surface area contributed by atoms with Crippen LogP contribution in [0.5, 0.6) is 0 Å². The number of urea groups is 1. The molecular weight excluding hydrogens is 324 g/mol. The quantitative estimate of drug-likeness (QED) is 0.924. The highest BCUT2D eigenvalue weighted by Gasteiger charge is 2.20. The number of nitrogens with zero attached hydrogens (tertiary/aromatic N) is 3. The Kier molecular flexibility index (Phi) is 5.88. The first-order valence-electron chi connectivity index (χ1n) is 9.05. The van der Waals surface area contributed by atoms with Crippen LogP contribution in [-0.4, -0.2) is 48.6 Å². The average molecular weight is 348 g/mol. The Balaban J connectivity index is 1.59. The zero-order valence-corrected chi connectivity index (χ0v) is 15.1. The molecule has 134 valence electrons. The summed E-state index contributed by atoms with van der Waals surface area (Å²) in [6.07, 6.45) is 0. The molecule has 0 saturated carbocycles. The van der Waals surface area contributed by atoms with Crippen molar-refractivity contribution in [1.29, 1.82) is 5.26 Å². The van der Waals surface area contributed by atoms with E-state index in [4.69, 9.17) is 0 Å². The highest BCUT2D eigenvalue weighted by Crippen LogP contribution is 2.24. The zero-order valence-electron chi connectivity index (χ0n) is 15.1. The Bertz CT molecular complexity index is 786. The van der Waals surface area contributed by atoms with Gasteiger partial charge in [0.05, 0.1) is 11.6 Å². The summed E-state index contributed by atoms with van der Waals surface area (Å²) in [6.45, 7) is 6.78. The number of hydrogen-bond donors (Lipinski definition) is 1. The summed E-state index contributed by atoms with van der Waals surface area (Å²) >= 11 is 0. The Labute approximate surface area is 154 Å². The normalized spacial score (nSPS) is 14.7. The lowest BCUT2D eigenvalue weighted by Gasteiger charge is -2.34. The maximum atomic E-state index is 11.9. The molecule has 0 radical (unpaired) electrons. The monoisotopic (exact) mass is 348 g/mol. The van der Waals surface area contributed by atoms with Gasteiger partial charge in [0.25, 0.3) is 0 Å². The lowest BCUT2D eigenvalue weighted by atomic mass is 9.99. The molecule has 1 saturated heterocycles. The smallest absolute Gasteiger partial charge is 0.317 e. The van der Waals surface area contributed by atoms with E-state index in [2.05, 4.69) is 40.6 Å². The van der Waals surface area contributed by atoms with Crippen molar-refractivity contribution >= 4 is 6.03 Å². The average Bonchev–Trinajstić information content (AvgIpc) is 2.69. The molecule has 0 atom stereocenters. The van der Waals surface area contributed by atoms with Gasteiger partial charge in [0, 0.05) is 39.3 Å². The summed E-state index contributed by atoms with van der Waals surface area (Å²) in [5.41, 5.74) is 3.97. The first kappa shape index (κ1) is 18.0. The van der Waals surface area contributed by atoms with E-state index in [0.29, 0.717) is 12.1 Å². The molecule has 5 nitrogen and oxygen atoms in total. The number of rotatable bonds is 4. The molecule has 0 bridgehead atoms. The molecule has 1 N–H and O–H groups in total. The molecule has 0 unspecified atom stereocenters. The summed E-state index contributed by atoms with van der Waals surface area (Å²) in [7, 11) is 0. The van der Waals surface area contributed by atoms with Crippen molar-refractivity contribution in [2.45, 2.75) is 13.5 Å². The van der Waals surface area contributed by atoms with Gasteiger partial charge in [-0.1, -0.05) is 42.5 Å². The van der Waals surface area contributed by atoms with Crippen LogP contribution in [-0.2, 0) is 6.54 Å². The van der Waals surface area contributed by atoms with Gasteiger partial charge >= 0.3 is 6.03 Å². The minimum Gasteiger partial charge on any atom is -0.338 e. The van der Waals surface area contributed by atoms with E-state index in [-0.39, 0.29) is 6.03 Å². The SMILES string of the molecule is CCNC(=O)N1CCN(Cc2ccc(-c3ccccc3C#N)cc2)CC1. The molecule has 5 heteroatoms. The van der Waals surface area contributed by atoms with Crippen LogP contribution in [0.2, 0.25) is 0 Å². The van der Waals surface area contributed by atoms with Crippen molar-refractivity contribution in [3.8, 4) is 17.2 Å². The van der Waals surface area contributed by atoms with E-state index in [1.807, 2.05) is 36.1 Å². The maximum Gasteiger partial charge on any atom is 0.317 e. The van der Waals surface area contributed by atoms with Crippen LogP contribution in [0, 0.1) is 11.3 Å². The molecule has 2 aromatic rings. The number of amides is 2. The fourth-order valence-corrected chi connectivity index (χ4v) is 3.25. The van der Waals surface area contributed by atoms with Gasteiger partial charge in [-0.25, -0.2) is 4.79 Å². The highest BCUT2D eigenvalue weighted by molar-refractivity contribution is 5.74. The second kappa shape index (κ2) is 8.50. The van der Waals surface area contributed by atoms with Crippen molar-refractivity contribution < 1.29 is 4.79 Å². The van der Waals surface area contributed by atoms with E-state index in [1.54, 1.807) is 0 Å². The summed E-state index contributed by atoms with van der Waals surface area (Å²) in [4.78, 5) is 16.1. The van der Waals surface area contributed by atoms with Crippen LogP contribution >= 0.6 is 0 Å². The fourth-order valence-electron chi connectivity index (χ4n) is 3.25. The minimum absolute atomic E-state index is 0.0349. The second-order valence-corrected chi connectivity index (χ2v) is 6.45. The lowest BCUT2D eigenvalue weighted by molar-refractivity contribution is 0.135. The molecule has 0 aliphatic carbocycles. The lowest BCUT2D eigenvalue weighted by Crippen LogP contribution is -2.51. The zero-order chi connectivity index (χ0) is 18.4. The Morgan fingerprint density at radius 2 is 1.77 bits per heavy atom. The summed E-state index contributed by atoms with van der Waals surface area (Å²) in [5.74, 6) is 0. The molecule has 26 heavy (non-hydrogen) atoms. The van der Waals surface area contributed by atoms with Crippen LogP contribution in [0.25, 0.3) is 11.1 Å². The topological polar surface area (TPSA) is 59.4 Å². The standard InChI is InChI=1S/C21H24N4O/c1-2-23-21(26)25-13-11-24(12-14-25)16-17-7-9-18(10-8-17)20-6-4-3-5-19(20)15-22/h3-10H,2,11-14,16H2,1H3,(H,23,26). The predicted molar refractivity (Wildman–Crippen MR) is 103 cm³/mol. The second-order valence-electron chi connectivity index (χ2n) is 6.45. The highest BCUT2D eigenvalue weighted by atomic mass is 16.2. The molecular formula is C21H24N4O. The maximum absolute atomic E-state index is 11.9. The molecule has 3 rings (SSSR count). The van der Waals surface area contributed by atoms with E-state index in [9.17, 15) is 10.1 Å². The van der Waals surface area contributed by atoms with Crippen molar-refractivity contribution in [3.05, 3.63) is 59.7 Å². The van der Waals surface area contributed by atoms with Gasteiger partial charge in [0.2, 0.25) is 0 Å². The predicted octanol–water partition coefficient (Wildman–Crippen LogP) is 3.07. The van der Waals surface area contributed by atoms with Crippen molar-refractivity contribution in [3.63, 3.8) is 0 Å². The molecule has 1 aliphatic rings. The number of nitriles is 1. The van der Waals surface area contributed by atoms with Crippen LogP contribution in [0.3, 0.4) is 0 Å². The molecule has 2 amide bonds. The van der Waals surface area contributed by atoms with E-state index < -0.39 is 0 Å². The molecule has 0 spiro atoms. The van der Waals surface area contributed by atoms with Gasteiger partial charge in [-0.05, 0) is 29.7 Å². The number of nitrogens with one attached hydrogen (secondary N) is 1. The summed E-state index contributed by atoms with van der Waals surface area (Å²) in [5, 5.41) is 12.1. The van der Waals surface area contributed by atoms with Gasteiger partial charge < -0.3 is 10.2 Å². The third-order valence-electron chi connectivity index (χ3n) is 4.71. The Hall–Kier alpha value is -2.84. The van der Waals surface area contributed by atoms with Crippen LogP contribution in [0.4, 0.5) is 4.79 Å². The molecule has 1 heterocycles. The van der Waals surface area contributed by atoms with Gasteiger partial charge in [0.1, 0.15) is 0 Å². The molecule has 2 aromatic carbocycles. The first-order valence-corrected chi connectivity index (χ1v) is 9.05. The van der Waals surface area contributed by atoms with Gasteiger partial charge in [-0.15, -0.1) is 0 Å².